The largest absolute Gasteiger partial charge is 0.359 e. The van der Waals surface area contributed by atoms with Crippen molar-refractivity contribution in [3.63, 3.8) is 0 Å². The summed E-state index contributed by atoms with van der Waals surface area (Å²) in [4.78, 5) is 4.49. The van der Waals surface area contributed by atoms with E-state index in [0.29, 0.717) is 6.04 Å². The minimum absolute atomic E-state index is 0.459. The van der Waals surface area contributed by atoms with Crippen molar-refractivity contribution in [1.82, 2.24) is 4.98 Å². The van der Waals surface area contributed by atoms with Crippen molar-refractivity contribution in [2.75, 3.05) is 5.32 Å². The SMILES string of the molecule is CCC(C)Nc1nc2ccc(Cl)cc2s1. The van der Waals surface area contributed by atoms with Gasteiger partial charge in [-0.1, -0.05) is 29.9 Å². The first-order valence-corrected chi connectivity index (χ1v) is 6.21. The fraction of sp³-hybridized carbons (Fsp3) is 0.364. The molecule has 0 aliphatic rings. The molecule has 0 bridgehead atoms. The Kier molecular flexibility index (Phi) is 3.12. The molecule has 2 aromatic rings. The molecule has 2 rings (SSSR count). The van der Waals surface area contributed by atoms with Gasteiger partial charge in [0.1, 0.15) is 0 Å². The van der Waals surface area contributed by atoms with E-state index in [4.69, 9.17) is 11.6 Å². The number of nitrogens with zero attached hydrogens (tertiary/aromatic N) is 1. The standard InChI is InChI=1S/C11H13ClN2S/c1-3-7(2)13-11-14-9-5-4-8(12)6-10(9)15-11/h4-7H,3H2,1-2H3,(H,13,14). The summed E-state index contributed by atoms with van der Waals surface area (Å²) >= 11 is 7.57. The van der Waals surface area contributed by atoms with Gasteiger partial charge in [-0.2, -0.15) is 0 Å². The molecule has 0 amide bonds. The van der Waals surface area contributed by atoms with Gasteiger partial charge in [0.15, 0.2) is 5.13 Å². The van der Waals surface area contributed by atoms with Crippen molar-refractivity contribution in [3.8, 4) is 0 Å². The lowest BCUT2D eigenvalue weighted by atomic mass is 10.3. The molecule has 0 fully saturated rings. The molecule has 1 aromatic carbocycles. The second-order valence-electron chi connectivity index (χ2n) is 3.58. The highest BCUT2D eigenvalue weighted by Crippen LogP contribution is 2.28. The molecule has 1 atom stereocenters. The van der Waals surface area contributed by atoms with Crippen molar-refractivity contribution >= 4 is 38.3 Å². The minimum atomic E-state index is 0.459. The molecule has 0 saturated carbocycles. The van der Waals surface area contributed by atoms with Gasteiger partial charge in [0, 0.05) is 11.1 Å². The summed E-state index contributed by atoms with van der Waals surface area (Å²) in [7, 11) is 0. The lowest BCUT2D eigenvalue weighted by Crippen LogP contribution is -2.12. The van der Waals surface area contributed by atoms with E-state index in [-0.39, 0.29) is 0 Å². The maximum absolute atomic E-state index is 5.92. The molecule has 1 aromatic heterocycles. The number of aromatic nitrogens is 1. The molecule has 2 nitrogen and oxygen atoms in total. The van der Waals surface area contributed by atoms with E-state index in [9.17, 15) is 0 Å². The molecule has 15 heavy (non-hydrogen) atoms. The smallest absolute Gasteiger partial charge is 0.183 e. The van der Waals surface area contributed by atoms with Crippen LogP contribution in [0.25, 0.3) is 10.2 Å². The molecule has 4 heteroatoms. The zero-order chi connectivity index (χ0) is 10.8. The van der Waals surface area contributed by atoms with Crippen molar-refractivity contribution in [3.05, 3.63) is 23.2 Å². The maximum Gasteiger partial charge on any atom is 0.183 e. The highest BCUT2D eigenvalue weighted by Gasteiger charge is 2.05. The van der Waals surface area contributed by atoms with Gasteiger partial charge in [-0.3, -0.25) is 0 Å². The van der Waals surface area contributed by atoms with E-state index in [1.165, 1.54) is 0 Å². The zero-order valence-corrected chi connectivity index (χ0v) is 10.3. The fourth-order valence-electron chi connectivity index (χ4n) is 1.27. The predicted octanol–water partition coefficient (Wildman–Crippen LogP) is 4.16. The summed E-state index contributed by atoms with van der Waals surface area (Å²) in [6.45, 7) is 4.31. The Hall–Kier alpha value is -0.800. The Labute approximate surface area is 98.3 Å². The normalized spacial score (nSPS) is 13.0. The van der Waals surface area contributed by atoms with E-state index < -0.39 is 0 Å². The van der Waals surface area contributed by atoms with Crippen LogP contribution in [0.15, 0.2) is 18.2 Å². The number of anilines is 1. The second kappa shape index (κ2) is 4.37. The molecule has 0 radical (unpaired) electrons. The van der Waals surface area contributed by atoms with Crippen LogP contribution in [-0.4, -0.2) is 11.0 Å². The molecular formula is C11H13ClN2S. The molecule has 80 valence electrons. The Balaban J connectivity index is 2.30. The molecule has 1 unspecified atom stereocenters. The molecule has 1 heterocycles. The average Bonchev–Trinajstić information content (AvgIpc) is 2.59. The molecule has 0 saturated heterocycles. The van der Waals surface area contributed by atoms with Gasteiger partial charge in [0.2, 0.25) is 0 Å². The summed E-state index contributed by atoms with van der Waals surface area (Å²) in [5, 5.41) is 5.10. The van der Waals surface area contributed by atoms with Crippen LogP contribution < -0.4 is 5.32 Å². The summed E-state index contributed by atoms with van der Waals surface area (Å²) in [5.74, 6) is 0. The number of thiazole rings is 1. The van der Waals surface area contributed by atoms with Gasteiger partial charge in [-0.25, -0.2) is 4.98 Å². The van der Waals surface area contributed by atoms with Gasteiger partial charge in [-0.15, -0.1) is 0 Å². The van der Waals surface area contributed by atoms with Crippen LogP contribution in [0.2, 0.25) is 5.02 Å². The monoisotopic (exact) mass is 240 g/mol. The van der Waals surface area contributed by atoms with Gasteiger partial charge >= 0.3 is 0 Å². The van der Waals surface area contributed by atoms with E-state index in [1.807, 2.05) is 18.2 Å². The Morgan fingerprint density at radius 2 is 2.33 bits per heavy atom. The minimum Gasteiger partial charge on any atom is -0.359 e. The Morgan fingerprint density at radius 1 is 1.53 bits per heavy atom. The highest BCUT2D eigenvalue weighted by molar-refractivity contribution is 7.22. The van der Waals surface area contributed by atoms with E-state index in [2.05, 4.69) is 24.1 Å². The summed E-state index contributed by atoms with van der Waals surface area (Å²) < 4.78 is 1.13. The lowest BCUT2D eigenvalue weighted by Gasteiger charge is -2.08. The lowest BCUT2D eigenvalue weighted by molar-refractivity contribution is 0.763. The second-order valence-corrected chi connectivity index (χ2v) is 5.05. The van der Waals surface area contributed by atoms with Crippen molar-refractivity contribution in [2.45, 2.75) is 26.3 Å². The molecular weight excluding hydrogens is 228 g/mol. The molecule has 0 spiro atoms. The van der Waals surface area contributed by atoms with Crippen LogP contribution in [0.3, 0.4) is 0 Å². The van der Waals surface area contributed by atoms with Crippen LogP contribution in [0, 0.1) is 0 Å². The third-order valence-electron chi connectivity index (χ3n) is 2.33. The number of fused-ring (bicyclic) bond motifs is 1. The van der Waals surface area contributed by atoms with Crippen LogP contribution in [-0.2, 0) is 0 Å². The molecule has 0 aliphatic heterocycles. The number of rotatable bonds is 3. The maximum atomic E-state index is 5.92. The average molecular weight is 241 g/mol. The quantitative estimate of drug-likeness (QED) is 0.872. The van der Waals surface area contributed by atoms with Gasteiger partial charge < -0.3 is 5.32 Å². The van der Waals surface area contributed by atoms with Crippen LogP contribution >= 0.6 is 22.9 Å². The number of nitrogens with one attached hydrogen (secondary N) is 1. The first-order chi connectivity index (χ1) is 7.19. The zero-order valence-electron chi connectivity index (χ0n) is 8.75. The number of hydrogen-bond acceptors (Lipinski definition) is 3. The van der Waals surface area contributed by atoms with Crippen molar-refractivity contribution < 1.29 is 0 Å². The third-order valence-corrected chi connectivity index (χ3v) is 3.52. The number of hydrogen-bond donors (Lipinski definition) is 1. The van der Waals surface area contributed by atoms with E-state index in [1.54, 1.807) is 11.3 Å². The number of halogens is 1. The van der Waals surface area contributed by atoms with Gasteiger partial charge in [0.25, 0.3) is 0 Å². The van der Waals surface area contributed by atoms with Crippen molar-refractivity contribution in [1.29, 1.82) is 0 Å². The summed E-state index contributed by atoms with van der Waals surface area (Å²) in [6, 6.07) is 6.24. The molecule has 1 N–H and O–H groups in total. The first kappa shape index (κ1) is 10.7. The van der Waals surface area contributed by atoms with Crippen LogP contribution in [0.5, 0.6) is 0 Å². The van der Waals surface area contributed by atoms with E-state index >= 15 is 0 Å². The van der Waals surface area contributed by atoms with E-state index in [0.717, 1.165) is 26.8 Å². The molecule has 0 aliphatic carbocycles. The first-order valence-electron chi connectivity index (χ1n) is 5.01. The van der Waals surface area contributed by atoms with Gasteiger partial charge in [-0.05, 0) is 31.5 Å². The van der Waals surface area contributed by atoms with Gasteiger partial charge in [0.05, 0.1) is 10.2 Å². The Morgan fingerprint density at radius 3 is 3.07 bits per heavy atom. The highest BCUT2D eigenvalue weighted by atomic mass is 35.5. The topological polar surface area (TPSA) is 24.9 Å². The summed E-state index contributed by atoms with van der Waals surface area (Å²) in [5.41, 5.74) is 1.01. The predicted molar refractivity (Wildman–Crippen MR) is 68.0 cm³/mol. The van der Waals surface area contributed by atoms with Crippen LogP contribution in [0.1, 0.15) is 20.3 Å². The van der Waals surface area contributed by atoms with Crippen molar-refractivity contribution in [2.24, 2.45) is 0 Å². The Bertz CT molecular complexity index is 467. The number of benzene rings is 1. The fourth-order valence-corrected chi connectivity index (χ4v) is 2.53. The summed E-state index contributed by atoms with van der Waals surface area (Å²) in [6.07, 6.45) is 1.09. The van der Waals surface area contributed by atoms with Crippen LogP contribution in [0.4, 0.5) is 5.13 Å². The third kappa shape index (κ3) is 2.41.